The maximum absolute atomic E-state index is 9.28. The third-order valence-corrected chi connectivity index (χ3v) is 22.0. The zero-order valence-electron chi connectivity index (χ0n) is 79.3. The molecular weight excluding hydrogens is 1260 g/mol. The predicted octanol–water partition coefficient (Wildman–Crippen LogP) is 26.8. The molecular formula is C97H110N3O3+3. The lowest BCUT2D eigenvalue weighted by Gasteiger charge is -2.34. The Hall–Kier alpha value is -9.39. The van der Waals surface area contributed by atoms with Gasteiger partial charge in [0.2, 0.25) is 16.7 Å². The molecule has 103 heavy (non-hydrogen) atoms. The fraction of sp³-hybridized carbons (Fsp3) is 0.351. The Morgan fingerprint density at radius 2 is 0.660 bits per heavy atom. The van der Waals surface area contributed by atoms with Crippen LogP contribution in [-0.4, -0.2) is 0 Å². The quantitative estimate of drug-likeness (QED) is 0.156. The second-order valence-corrected chi connectivity index (χ2v) is 29.5. The average Bonchev–Trinajstić information content (AvgIpc) is 1.44. The molecule has 6 aromatic heterocycles. The zero-order chi connectivity index (χ0) is 86.9. The molecule has 0 spiro atoms. The highest BCUT2D eigenvalue weighted by molar-refractivity contribution is 6.16. The Labute approximate surface area is 641 Å². The molecule has 15 aromatic rings. The van der Waals surface area contributed by atoms with Crippen molar-refractivity contribution in [3.8, 4) is 33.8 Å². The molecule has 0 amide bonds. The highest BCUT2D eigenvalue weighted by Crippen LogP contribution is 2.47. The summed E-state index contributed by atoms with van der Waals surface area (Å²) in [6.07, 6.45) is 17.3. The van der Waals surface area contributed by atoms with Gasteiger partial charge in [0.1, 0.15) is 37.9 Å². The van der Waals surface area contributed by atoms with Gasteiger partial charge in [0.05, 0.1) is 16.7 Å². The molecule has 3 saturated carbocycles. The van der Waals surface area contributed by atoms with Crippen LogP contribution >= 0.6 is 0 Å². The molecule has 0 unspecified atom stereocenters. The number of rotatable bonds is 6. The number of fused-ring (bicyclic) bond motifs is 12. The first-order valence-electron chi connectivity index (χ1n) is 45.8. The topological polar surface area (TPSA) is 51.1 Å². The van der Waals surface area contributed by atoms with Crippen LogP contribution in [0.15, 0.2) is 177 Å². The van der Waals surface area contributed by atoms with Crippen LogP contribution in [-0.2, 0) is 21.1 Å². The van der Waals surface area contributed by atoms with Gasteiger partial charge in [-0.05, 0) is 257 Å². The Bertz CT molecular complexity index is 6700. The van der Waals surface area contributed by atoms with Gasteiger partial charge in [-0.2, -0.15) is 13.7 Å². The van der Waals surface area contributed by atoms with Crippen molar-refractivity contribution in [3.63, 3.8) is 0 Å². The lowest BCUT2D eigenvalue weighted by atomic mass is 9.71. The van der Waals surface area contributed by atoms with E-state index in [1.807, 2.05) is 87.5 Å². The normalized spacial score (nSPS) is 19.7. The average molecular weight is 1390 g/mol. The summed E-state index contributed by atoms with van der Waals surface area (Å²) in [5.74, 6) is -1.81. The van der Waals surface area contributed by atoms with Gasteiger partial charge in [-0.25, -0.2) is 0 Å². The minimum absolute atomic E-state index is 0. The fourth-order valence-corrected chi connectivity index (χ4v) is 16.5. The van der Waals surface area contributed by atoms with E-state index in [1.165, 1.54) is 6.42 Å². The Kier molecular flexibility index (Phi) is 13.8. The molecule has 0 atom stereocenters. The molecule has 18 rings (SSSR count). The molecule has 3 aliphatic carbocycles. The fourth-order valence-electron chi connectivity index (χ4n) is 16.5. The van der Waals surface area contributed by atoms with E-state index in [-0.39, 0.29) is 61.1 Å². The van der Waals surface area contributed by atoms with E-state index in [2.05, 4.69) is 38.1 Å². The number of benzene rings is 9. The number of pyridine rings is 3. The van der Waals surface area contributed by atoms with Crippen molar-refractivity contribution in [2.45, 2.75) is 199 Å². The molecule has 0 bridgehead atoms. The Morgan fingerprint density at radius 1 is 0.350 bits per heavy atom. The van der Waals surface area contributed by atoms with Gasteiger partial charge >= 0.3 is 0 Å². The summed E-state index contributed by atoms with van der Waals surface area (Å²) in [5, 5.41) is 9.48. The molecule has 9 aromatic carbocycles. The van der Waals surface area contributed by atoms with Crippen molar-refractivity contribution >= 4 is 98.1 Å². The third-order valence-electron chi connectivity index (χ3n) is 22.0. The minimum atomic E-state index is -2.39. The van der Waals surface area contributed by atoms with Gasteiger partial charge in [0.25, 0.3) is 17.1 Å². The molecule has 0 radical (unpaired) electrons. The largest absolute Gasteiger partial charge is 0.449 e. The van der Waals surface area contributed by atoms with Gasteiger partial charge in [-0.15, -0.1) is 0 Å². The van der Waals surface area contributed by atoms with E-state index >= 15 is 0 Å². The maximum atomic E-state index is 9.28. The third kappa shape index (κ3) is 13.2. The smallest absolute Gasteiger partial charge is 0.256 e. The van der Waals surface area contributed by atoms with E-state index in [1.54, 1.807) is 108 Å². The lowest BCUT2D eigenvalue weighted by Crippen LogP contribution is -2.31. The zero-order valence-corrected chi connectivity index (χ0v) is 58.3. The maximum Gasteiger partial charge on any atom is 0.256 e. The number of aryl methyl sites for hydroxylation is 12. The van der Waals surface area contributed by atoms with Crippen LogP contribution in [0.4, 0.5) is 0 Å². The van der Waals surface area contributed by atoms with Crippen molar-refractivity contribution in [2.75, 3.05) is 0 Å². The van der Waals surface area contributed by atoms with Crippen molar-refractivity contribution in [1.82, 2.24) is 0 Å². The summed E-state index contributed by atoms with van der Waals surface area (Å²) >= 11 is 0. The van der Waals surface area contributed by atoms with E-state index in [4.69, 9.17) is 40.7 Å². The first-order chi connectivity index (χ1) is 56.5. The molecule has 3 aliphatic rings. The molecule has 0 aliphatic heterocycles. The monoisotopic (exact) mass is 1390 g/mol. The van der Waals surface area contributed by atoms with E-state index in [9.17, 15) is 1.37 Å². The molecule has 528 valence electrons. The number of furan rings is 3. The van der Waals surface area contributed by atoms with Gasteiger partial charge in [0, 0.05) is 77.8 Å². The van der Waals surface area contributed by atoms with E-state index in [0.29, 0.717) is 82.9 Å². The van der Waals surface area contributed by atoms with Crippen molar-refractivity contribution in [2.24, 2.45) is 26.6 Å². The van der Waals surface area contributed by atoms with Crippen LogP contribution in [0.25, 0.3) is 132 Å². The van der Waals surface area contributed by atoms with Gasteiger partial charge in [0.15, 0.2) is 18.6 Å². The first-order valence-corrected chi connectivity index (χ1v) is 35.3. The van der Waals surface area contributed by atoms with E-state index < -0.39 is 58.8 Å². The van der Waals surface area contributed by atoms with Crippen LogP contribution in [0.2, 0.25) is 0 Å². The minimum Gasteiger partial charge on any atom is -0.449 e. The number of hydrogen-bond acceptors (Lipinski definition) is 3. The van der Waals surface area contributed by atoms with Gasteiger partial charge in [-0.3, -0.25) is 0 Å². The highest BCUT2D eigenvalue weighted by Gasteiger charge is 2.31. The van der Waals surface area contributed by atoms with Crippen LogP contribution < -0.4 is 13.7 Å². The summed E-state index contributed by atoms with van der Waals surface area (Å²) in [6.45, 7) is -3.71. The Morgan fingerprint density at radius 3 is 0.961 bits per heavy atom. The first kappa shape index (κ1) is 50.1. The van der Waals surface area contributed by atoms with Crippen molar-refractivity contribution in [1.29, 1.82) is 0 Å². The van der Waals surface area contributed by atoms with Crippen LogP contribution in [0, 0.1) is 67.3 Å². The Balaban J connectivity index is 0.000000158. The highest BCUT2D eigenvalue weighted by atomic mass is 16.3. The predicted molar refractivity (Wildman–Crippen MR) is 438 cm³/mol. The SMILES string of the molecule is C.C.C.[2H]C([2H])([2H])c1ccc(-c2c3oc4cc5ccc(C6([2H])CCC(C)(C)CC6)cc5cc4c3c(C([2H])([2H])[2H])c[n+]2C)c(C)c1.[2H]C([2H])([2H])c1ccc(-c2c3oc4cc5ccc(C6([2H])CCCC6)cc5cc4c3c(C([2H])([2H])[2H])c[n+]2C)c(C)c1.[2H]C([2H])([2H])c1ccc(-c2c3oc4cc5ccc(C6([2H])CCCCC6)cc5cc4c3c(C([2H])([2H])[2H])c[n+]2C)c(C)c1. The summed E-state index contributed by atoms with van der Waals surface area (Å²) in [6, 6.07) is 45.4. The molecule has 0 N–H and O–H groups in total. The lowest BCUT2D eigenvalue weighted by molar-refractivity contribution is -0.659. The second kappa shape index (κ2) is 28.3. The van der Waals surface area contributed by atoms with Crippen molar-refractivity contribution in [3.05, 3.63) is 231 Å². The molecule has 6 heteroatoms. The molecule has 3 fully saturated rings. The van der Waals surface area contributed by atoms with Gasteiger partial charge in [-0.1, -0.05) is 176 Å². The number of hydrogen-bond donors (Lipinski definition) is 0. The molecule has 6 heterocycles. The molecule has 0 saturated heterocycles. The van der Waals surface area contributed by atoms with Crippen LogP contribution in [0.5, 0.6) is 0 Å². The standard InChI is InChI=1S/C33H36NO.C31H32NO.C30H30NO.3CH4/c1-20-7-10-27(21(2)15-20)31-32-30(22(3)19-34(31)6)28-17-26-16-24(8-9-25(26)18-29(28)35-32)23-11-13-33(4,5)14-12-23;1-19-10-13-26(20(2)14-19)30-31-29(21(3)18-32(30)4)27-16-25-15-23(22-8-6-5-7-9-22)11-12-24(25)17-28(27)33-31;1-18-9-12-25(19(2)13-18)29-30-28(20(3)17-31(29)4)26-15-24-14-22(21-7-5-6-8-21)10-11-23(24)16-27(26)32-30;;;/h7-10,15-19,23H,11-14H2,1-6H3;10-18,22H,5-9H2,1-4H3;9-17,21H,5-8H2,1-4H3;3*1H4/q3*+1;;;/i1D3,3D3,23D;1D3,3D3,22D;1D3,3D3,21D;;;. The molecule has 6 nitrogen and oxygen atoms in total. The van der Waals surface area contributed by atoms with Crippen LogP contribution in [0.1, 0.15) is 233 Å². The van der Waals surface area contributed by atoms with Crippen molar-refractivity contribution < 1.29 is 55.7 Å². The van der Waals surface area contributed by atoms with E-state index in [0.717, 1.165) is 159 Å². The summed E-state index contributed by atoms with van der Waals surface area (Å²) in [4.78, 5) is 0. The van der Waals surface area contributed by atoms with Crippen LogP contribution in [0.3, 0.4) is 0 Å². The number of aromatic nitrogens is 3. The van der Waals surface area contributed by atoms with Gasteiger partial charge < -0.3 is 13.3 Å². The second-order valence-electron chi connectivity index (χ2n) is 29.5. The number of nitrogens with zero attached hydrogens (tertiary/aromatic N) is 3. The summed E-state index contributed by atoms with van der Waals surface area (Å²) < 4.78 is 197. The summed E-state index contributed by atoms with van der Waals surface area (Å²) in [5.41, 5.74) is 14.4. The summed E-state index contributed by atoms with van der Waals surface area (Å²) in [7, 11) is 5.36.